The number of nitrogens with zero attached hydrogens (tertiary/aromatic N) is 2. The Morgan fingerprint density at radius 3 is 2.34 bits per heavy atom. The largest absolute Gasteiger partial charge is 0.368 e. The number of piperazine rings is 1. The zero-order valence-electron chi connectivity index (χ0n) is 17.1. The molecule has 1 aliphatic rings. The summed E-state index contributed by atoms with van der Waals surface area (Å²) in [6.45, 7) is 12.8. The van der Waals surface area contributed by atoms with Crippen molar-refractivity contribution < 1.29 is 4.79 Å². The quantitative estimate of drug-likeness (QED) is 0.664. The van der Waals surface area contributed by atoms with Crippen LogP contribution in [0.2, 0.25) is 10.0 Å². The summed E-state index contributed by atoms with van der Waals surface area (Å²) in [4.78, 5) is 17.0. The average Bonchev–Trinajstić information content (AvgIpc) is 2.70. The predicted molar refractivity (Wildman–Crippen MR) is 123 cm³/mol. The molecule has 29 heavy (non-hydrogen) atoms. The van der Waals surface area contributed by atoms with Gasteiger partial charge in [-0.2, -0.15) is 0 Å². The van der Waals surface area contributed by atoms with Gasteiger partial charge in [-0.1, -0.05) is 53.6 Å². The maximum atomic E-state index is 12.9. The minimum Gasteiger partial charge on any atom is -0.368 e. The number of rotatable bonds is 4. The molecule has 2 amide bonds. The van der Waals surface area contributed by atoms with E-state index in [1.54, 1.807) is 6.07 Å². The Balaban J connectivity index is 1.62. The number of hydrogen-bond donors (Lipinski definition) is 1. The van der Waals surface area contributed by atoms with E-state index in [-0.39, 0.29) is 6.03 Å². The second kappa shape index (κ2) is 8.68. The first kappa shape index (κ1) is 21.5. The van der Waals surface area contributed by atoms with Crippen molar-refractivity contribution in [2.24, 2.45) is 0 Å². The first-order chi connectivity index (χ1) is 13.7. The van der Waals surface area contributed by atoms with Crippen molar-refractivity contribution in [2.45, 2.75) is 26.3 Å². The lowest BCUT2D eigenvalue weighted by molar-refractivity contribution is 0.183. The first-order valence-electron chi connectivity index (χ1n) is 9.71. The van der Waals surface area contributed by atoms with Crippen LogP contribution in [0.25, 0.3) is 5.57 Å². The van der Waals surface area contributed by atoms with Crippen molar-refractivity contribution in [3.05, 3.63) is 70.2 Å². The Labute approximate surface area is 183 Å². The second-order valence-corrected chi connectivity index (χ2v) is 8.80. The number of amides is 2. The monoisotopic (exact) mass is 431 g/mol. The molecule has 1 aliphatic heterocycles. The minimum absolute atomic E-state index is 0.0514. The van der Waals surface area contributed by atoms with Gasteiger partial charge in [0, 0.05) is 31.9 Å². The molecule has 0 saturated carbocycles. The Morgan fingerprint density at radius 2 is 1.72 bits per heavy atom. The molecule has 4 nitrogen and oxygen atoms in total. The van der Waals surface area contributed by atoms with Gasteiger partial charge in [0.2, 0.25) is 0 Å². The molecule has 1 heterocycles. The van der Waals surface area contributed by atoms with Crippen LogP contribution in [0.4, 0.5) is 10.5 Å². The Morgan fingerprint density at radius 1 is 1.03 bits per heavy atom. The summed E-state index contributed by atoms with van der Waals surface area (Å²) in [5.41, 5.74) is 3.69. The number of urea groups is 1. The molecule has 1 fully saturated rings. The lowest BCUT2D eigenvalue weighted by atomic mass is 9.92. The SMILES string of the molecule is C=C(C)c1cccc(C(C)(C)NC(=O)N2CCN(c3ccc(Cl)c(Cl)c3)CC2)c1. The van der Waals surface area contributed by atoms with Crippen LogP contribution in [-0.4, -0.2) is 37.1 Å². The minimum atomic E-state index is -0.483. The van der Waals surface area contributed by atoms with E-state index in [0.29, 0.717) is 23.1 Å². The van der Waals surface area contributed by atoms with Gasteiger partial charge in [-0.05, 0) is 56.2 Å². The fourth-order valence-electron chi connectivity index (χ4n) is 3.44. The van der Waals surface area contributed by atoms with Gasteiger partial charge in [-0.25, -0.2) is 4.79 Å². The van der Waals surface area contributed by atoms with E-state index in [9.17, 15) is 4.79 Å². The van der Waals surface area contributed by atoms with Crippen molar-refractivity contribution in [1.29, 1.82) is 0 Å². The van der Waals surface area contributed by atoms with Gasteiger partial charge >= 0.3 is 6.03 Å². The van der Waals surface area contributed by atoms with Gasteiger partial charge in [0.05, 0.1) is 15.6 Å². The van der Waals surface area contributed by atoms with Crippen LogP contribution >= 0.6 is 23.2 Å². The van der Waals surface area contributed by atoms with Crippen molar-refractivity contribution in [1.82, 2.24) is 10.2 Å². The predicted octanol–water partition coefficient (Wildman–Crippen LogP) is 5.79. The molecular formula is C23H27Cl2N3O. The summed E-state index contributed by atoms with van der Waals surface area (Å²) in [5, 5.41) is 4.27. The van der Waals surface area contributed by atoms with Crippen LogP contribution in [0, 0.1) is 0 Å². The highest BCUT2D eigenvalue weighted by molar-refractivity contribution is 6.42. The van der Waals surface area contributed by atoms with E-state index in [2.05, 4.69) is 22.9 Å². The summed E-state index contributed by atoms with van der Waals surface area (Å²) in [6, 6.07) is 13.7. The highest BCUT2D eigenvalue weighted by atomic mass is 35.5. The molecule has 3 rings (SSSR count). The molecular weight excluding hydrogens is 405 g/mol. The van der Waals surface area contributed by atoms with E-state index in [1.165, 1.54) is 0 Å². The van der Waals surface area contributed by atoms with Crippen molar-refractivity contribution in [3.63, 3.8) is 0 Å². The molecule has 154 valence electrons. The number of anilines is 1. The van der Waals surface area contributed by atoms with Crippen LogP contribution < -0.4 is 10.2 Å². The number of carbonyl (C=O) groups is 1. The second-order valence-electron chi connectivity index (χ2n) is 7.99. The van der Waals surface area contributed by atoms with Gasteiger partial charge < -0.3 is 15.1 Å². The van der Waals surface area contributed by atoms with E-state index in [1.807, 2.05) is 56.0 Å². The average molecular weight is 432 g/mol. The van der Waals surface area contributed by atoms with Crippen LogP contribution in [0.1, 0.15) is 31.9 Å². The first-order valence-corrected chi connectivity index (χ1v) is 10.5. The molecule has 2 aromatic carbocycles. The summed E-state index contributed by atoms with van der Waals surface area (Å²) >= 11 is 12.1. The Hall–Kier alpha value is -2.17. The van der Waals surface area contributed by atoms with E-state index < -0.39 is 5.54 Å². The topological polar surface area (TPSA) is 35.6 Å². The number of nitrogens with one attached hydrogen (secondary N) is 1. The molecule has 0 aromatic heterocycles. The lowest BCUT2D eigenvalue weighted by Gasteiger charge is -2.38. The maximum Gasteiger partial charge on any atom is 0.318 e. The fraction of sp³-hybridized carbons (Fsp3) is 0.348. The van der Waals surface area contributed by atoms with Gasteiger partial charge in [-0.15, -0.1) is 0 Å². The molecule has 0 bridgehead atoms. The standard InChI is InChI=1S/C23H27Cl2N3O/c1-16(2)17-6-5-7-18(14-17)23(3,4)26-22(29)28-12-10-27(11-13-28)19-8-9-20(24)21(25)15-19/h5-9,14-15H,1,10-13H2,2-4H3,(H,26,29). The summed E-state index contributed by atoms with van der Waals surface area (Å²) in [5.74, 6) is 0. The number of allylic oxidation sites excluding steroid dienone is 1. The van der Waals surface area contributed by atoms with E-state index in [0.717, 1.165) is 35.5 Å². The summed E-state index contributed by atoms with van der Waals surface area (Å²) in [6.07, 6.45) is 0. The number of hydrogen-bond acceptors (Lipinski definition) is 2. The molecule has 0 aliphatic carbocycles. The molecule has 0 unspecified atom stereocenters. The van der Waals surface area contributed by atoms with Crippen LogP contribution in [0.5, 0.6) is 0 Å². The van der Waals surface area contributed by atoms with Crippen LogP contribution in [0.3, 0.4) is 0 Å². The van der Waals surface area contributed by atoms with E-state index >= 15 is 0 Å². The normalized spacial score (nSPS) is 14.7. The number of carbonyl (C=O) groups excluding carboxylic acids is 1. The van der Waals surface area contributed by atoms with Gasteiger partial charge in [0.25, 0.3) is 0 Å². The highest BCUT2D eigenvalue weighted by Crippen LogP contribution is 2.28. The van der Waals surface area contributed by atoms with Crippen molar-refractivity contribution in [2.75, 3.05) is 31.1 Å². The third-order valence-corrected chi connectivity index (χ3v) is 6.07. The zero-order valence-corrected chi connectivity index (χ0v) is 18.6. The van der Waals surface area contributed by atoms with Crippen molar-refractivity contribution >= 4 is 40.5 Å². The third-order valence-electron chi connectivity index (χ3n) is 5.33. The smallest absolute Gasteiger partial charge is 0.318 e. The van der Waals surface area contributed by atoms with Gasteiger partial charge in [0.1, 0.15) is 0 Å². The molecule has 0 spiro atoms. The summed E-state index contributed by atoms with van der Waals surface area (Å²) in [7, 11) is 0. The number of benzene rings is 2. The molecule has 6 heteroatoms. The van der Waals surface area contributed by atoms with E-state index in [4.69, 9.17) is 23.2 Å². The molecule has 1 saturated heterocycles. The lowest BCUT2D eigenvalue weighted by Crippen LogP contribution is -2.55. The molecule has 2 aromatic rings. The van der Waals surface area contributed by atoms with Crippen LogP contribution in [-0.2, 0) is 5.54 Å². The third kappa shape index (κ3) is 5.06. The van der Waals surface area contributed by atoms with Gasteiger partial charge in [0.15, 0.2) is 0 Å². The van der Waals surface area contributed by atoms with Crippen molar-refractivity contribution in [3.8, 4) is 0 Å². The zero-order chi connectivity index (χ0) is 21.2. The molecule has 1 N–H and O–H groups in total. The molecule has 0 radical (unpaired) electrons. The fourth-order valence-corrected chi connectivity index (χ4v) is 3.73. The summed E-state index contributed by atoms with van der Waals surface area (Å²) < 4.78 is 0. The number of halogens is 2. The van der Waals surface area contributed by atoms with Gasteiger partial charge in [-0.3, -0.25) is 0 Å². The Bertz CT molecular complexity index is 918. The highest BCUT2D eigenvalue weighted by Gasteiger charge is 2.28. The maximum absolute atomic E-state index is 12.9. The Kier molecular flexibility index (Phi) is 6.45. The van der Waals surface area contributed by atoms with Crippen LogP contribution in [0.15, 0.2) is 49.0 Å². The molecule has 0 atom stereocenters.